The van der Waals surface area contributed by atoms with E-state index in [-0.39, 0.29) is 23.5 Å². The minimum absolute atomic E-state index is 0.0446. The highest BCUT2D eigenvalue weighted by Crippen LogP contribution is 2.46. The molecular formula is C24H22N2O7S. The van der Waals surface area contributed by atoms with Gasteiger partial charge in [0.25, 0.3) is 17.7 Å². The molecule has 3 amide bonds. The second kappa shape index (κ2) is 8.14. The Kier molecular flexibility index (Phi) is 5.37. The quantitative estimate of drug-likeness (QED) is 0.387. The maximum Gasteiger partial charge on any atom is 0.332 e. The van der Waals surface area contributed by atoms with Crippen LogP contribution in [-0.4, -0.2) is 74.5 Å². The van der Waals surface area contributed by atoms with Crippen LogP contribution >= 0.6 is 11.8 Å². The van der Waals surface area contributed by atoms with Crippen LogP contribution in [0.3, 0.4) is 0 Å². The summed E-state index contributed by atoms with van der Waals surface area (Å²) in [6, 6.07) is 11.1. The van der Waals surface area contributed by atoms with E-state index in [0.717, 1.165) is 10.5 Å². The predicted octanol–water partition coefficient (Wildman–Crippen LogP) is 1.44. The molecule has 2 saturated heterocycles. The van der Waals surface area contributed by atoms with Crippen molar-refractivity contribution in [3.8, 4) is 5.75 Å². The Bertz CT molecular complexity index is 1160. The molecule has 0 saturated carbocycles. The third-order valence-electron chi connectivity index (χ3n) is 6.33. The number of hydrogen-bond acceptors (Lipinski definition) is 8. The number of hydrogen-bond donors (Lipinski definition) is 1. The molecule has 3 heterocycles. The van der Waals surface area contributed by atoms with Gasteiger partial charge in [0.1, 0.15) is 29.4 Å². The lowest BCUT2D eigenvalue weighted by atomic mass is 9.90. The van der Waals surface area contributed by atoms with E-state index in [1.807, 2.05) is 0 Å². The molecule has 4 atom stereocenters. The topological polar surface area (TPSA) is 113 Å². The predicted molar refractivity (Wildman–Crippen MR) is 121 cm³/mol. The van der Waals surface area contributed by atoms with E-state index in [1.165, 1.54) is 23.6 Å². The number of methoxy groups -OCH3 is 1. The summed E-state index contributed by atoms with van der Waals surface area (Å²) in [5.74, 6) is -1.59. The fourth-order valence-corrected chi connectivity index (χ4v) is 6.04. The summed E-state index contributed by atoms with van der Waals surface area (Å²) in [4.78, 5) is 54.2. The van der Waals surface area contributed by atoms with Gasteiger partial charge in [0.2, 0.25) is 0 Å². The Morgan fingerprint density at radius 3 is 2.29 bits per heavy atom. The number of carbonyl (C=O) groups is 4. The lowest BCUT2D eigenvalue weighted by Gasteiger charge is -2.57. The van der Waals surface area contributed by atoms with Crippen LogP contribution in [-0.2, 0) is 20.9 Å². The van der Waals surface area contributed by atoms with Crippen LogP contribution in [0.2, 0.25) is 0 Å². The lowest BCUT2D eigenvalue weighted by molar-refractivity contribution is -0.180. The average molecular weight is 483 g/mol. The van der Waals surface area contributed by atoms with Crippen molar-refractivity contribution in [2.75, 3.05) is 12.9 Å². The first-order valence-corrected chi connectivity index (χ1v) is 11.7. The van der Waals surface area contributed by atoms with Crippen molar-refractivity contribution >= 4 is 35.5 Å². The van der Waals surface area contributed by atoms with E-state index in [9.17, 15) is 24.3 Å². The fourth-order valence-electron chi connectivity index (χ4n) is 4.57. The number of fused-ring (bicyclic) bond motifs is 2. The van der Waals surface area contributed by atoms with Crippen molar-refractivity contribution in [2.24, 2.45) is 0 Å². The summed E-state index contributed by atoms with van der Waals surface area (Å²) < 4.78 is 10.6. The number of rotatable bonds is 5. The van der Waals surface area contributed by atoms with Crippen LogP contribution in [0.25, 0.3) is 0 Å². The molecule has 34 heavy (non-hydrogen) atoms. The zero-order chi connectivity index (χ0) is 24.2. The molecule has 0 bridgehead atoms. The molecule has 3 aliphatic rings. The molecule has 10 heteroatoms. The molecule has 5 rings (SSSR count). The molecule has 176 valence electrons. The van der Waals surface area contributed by atoms with E-state index in [2.05, 4.69) is 0 Å². The van der Waals surface area contributed by atoms with Gasteiger partial charge in [-0.1, -0.05) is 24.3 Å². The molecule has 2 aromatic rings. The van der Waals surface area contributed by atoms with Gasteiger partial charge in [0.15, 0.2) is 6.04 Å². The van der Waals surface area contributed by atoms with Crippen LogP contribution in [0.5, 0.6) is 5.75 Å². The SMILES string of the molecule is COc1ccc(COC(=O)[C@@H]2N3C(=O)[C@@H](N4C(=O)c5ccccc5C4=O)[C@H]3SC[C@@]2(C)O)cc1. The molecule has 3 aliphatic heterocycles. The number of aliphatic hydroxyl groups is 1. The summed E-state index contributed by atoms with van der Waals surface area (Å²) in [5.41, 5.74) is -0.320. The van der Waals surface area contributed by atoms with Crippen molar-refractivity contribution in [1.29, 1.82) is 0 Å². The van der Waals surface area contributed by atoms with Crippen molar-refractivity contribution in [3.05, 3.63) is 65.2 Å². The first kappa shape index (κ1) is 22.4. The van der Waals surface area contributed by atoms with Gasteiger partial charge >= 0.3 is 5.97 Å². The van der Waals surface area contributed by atoms with Crippen LogP contribution in [0.4, 0.5) is 0 Å². The van der Waals surface area contributed by atoms with Gasteiger partial charge < -0.3 is 19.5 Å². The average Bonchev–Trinajstić information content (AvgIpc) is 3.08. The van der Waals surface area contributed by atoms with Crippen LogP contribution in [0.15, 0.2) is 48.5 Å². The van der Waals surface area contributed by atoms with Crippen LogP contribution < -0.4 is 4.74 Å². The number of β-lactam (4-membered cyclic amide) rings is 1. The number of imide groups is 1. The standard InChI is InChI=1S/C24H22N2O7S/c1-24(31)12-34-22-17(25-19(27)15-5-3-4-6-16(15)20(25)28)21(29)26(22)18(24)23(30)33-11-13-7-9-14(32-2)10-8-13/h3-10,17-18,22,31H,11-12H2,1-2H3/t17-,18+,22-,24-/m1/s1. The Hall–Kier alpha value is -3.37. The second-order valence-electron chi connectivity index (χ2n) is 8.63. The summed E-state index contributed by atoms with van der Waals surface area (Å²) >= 11 is 1.23. The van der Waals surface area contributed by atoms with E-state index in [1.54, 1.807) is 55.6 Å². The van der Waals surface area contributed by atoms with Crippen molar-refractivity contribution < 1.29 is 33.8 Å². The molecule has 0 aromatic heterocycles. The van der Waals surface area contributed by atoms with Gasteiger partial charge in [-0.05, 0) is 36.8 Å². The number of benzene rings is 2. The van der Waals surface area contributed by atoms with E-state index in [0.29, 0.717) is 5.75 Å². The van der Waals surface area contributed by atoms with Gasteiger partial charge in [0, 0.05) is 5.75 Å². The molecule has 2 aromatic carbocycles. The summed E-state index contributed by atoms with van der Waals surface area (Å²) in [7, 11) is 1.55. The highest BCUT2D eigenvalue weighted by molar-refractivity contribution is 8.00. The fraction of sp³-hybridized carbons (Fsp3) is 0.333. The van der Waals surface area contributed by atoms with Gasteiger partial charge in [0.05, 0.1) is 18.2 Å². The van der Waals surface area contributed by atoms with Gasteiger partial charge in [-0.2, -0.15) is 0 Å². The van der Waals surface area contributed by atoms with Gasteiger partial charge in [-0.3, -0.25) is 19.3 Å². The van der Waals surface area contributed by atoms with Crippen molar-refractivity contribution in [1.82, 2.24) is 9.80 Å². The minimum Gasteiger partial charge on any atom is -0.497 e. The maximum absolute atomic E-state index is 13.2. The third-order valence-corrected chi connectivity index (χ3v) is 7.91. The lowest BCUT2D eigenvalue weighted by Crippen LogP contribution is -2.79. The first-order chi connectivity index (χ1) is 16.2. The highest BCUT2D eigenvalue weighted by atomic mass is 32.2. The Morgan fingerprint density at radius 1 is 1.09 bits per heavy atom. The van der Waals surface area contributed by atoms with Crippen molar-refractivity contribution in [2.45, 2.75) is 36.6 Å². The number of esters is 1. The number of nitrogens with zero attached hydrogens (tertiary/aromatic N) is 2. The normalized spacial score (nSPS) is 27.7. The molecule has 2 fully saturated rings. The zero-order valence-corrected chi connectivity index (χ0v) is 19.3. The van der Waals surface area contributed by atoms with E-state index >= 15 is 0 Å². The van der Waals surface area contributed by atoms with Crippen LogP contribution in [0, 0.1) is 0 Å². The van der Waals surface area contributed by atoms with E-state index < -0.39 is 46.7 Å². The Balaban J connectivity index is 1.34. The zero-order valence-electron chi connectivity index (χ0n) is 18.5. The molecular weight excluding hydrogens is 460 g/mol. The molecule has 0 radical (unpaired) electrons. The largest absolute Gasteiger partial charge is 0.497 e. The monoisotopic (exact) mass is 482 g/mol. The number of ether oxygens (including phenoxy) is 2. The molecule has 0 unspecified atom stereocenters. The first-order valence-electron chi connectivity index (χ1n) is 10.7. The van der Waals surface area contributed by atoms with Gasteiger partial charge in [-0.25, -0.2) is 4.79 Å². The second-order valence-corrected chi connectivity index (χ2v) is 9.74. The molecule has 1 N–H and O–H groups in total. The highest BCUT2D eigenvalue weighted by Gasteiger charge is 2.65. The Morgan fingerprint density at radius 2 is 1.71 bits per heavy atom. The number of amides is 3. The smallest absolute Gasteiger partial charge is 0.332 e. The minimum atomic E-state index is -1.54. The maximum atomic E-state index is 13.2. The van der Waals surface area contributed by atoms with Crippen LogP contribution in [0.1, 0.15) is 33.2 Å². The number of carbonyl (C=O) groups excluding carboxylic acids is 4. The summed E-state index contributed by atoms with van der Waals surface area (Å²) in [6.45, 7) is 1.43. The Labute approximate surface area is 199 Å². The van der Waals surface area contributed by atoms with Gasteiger partial charge in [-0.15, -0.1) is 11.8 Å². The number of thioether (sulfide) groups is 1. The van der Waals surface area contributed by atoms with E-state index in [4.69, 9.17) is 9.47 Å². The molecule has 9 nitrogen and oxygen atoms in total. The molecule has 0 aliphatic carbocycles. The molecule has 0 spiro atoms. The van der Waals surface area contributed by atoms with Crippen molar-refractivity contribution in [3.63, 3.8) is 0 Å². The third kappa shape index (κ3) is 3.36. The summed E-state index contributed by atoms with van der Waals surface area (Å²) in [6.07, 6.45) is 0. The summed E-state index contributed by atoms with van der Waals surface area (Å²) in [5, 5.41) is 10.3.